The third kappa shape index (κ3) is 2.65. The highest BCUT2D eigenvalue weighted by atomic mass is 16.7. The lowest BCUT2D eigenvalue weighted by molar-refractivity contribution is -0.210. The van der Waals surface area contributed by atoms with Crippen LogP contribution in [-0.4, -0.2) is 53.7 Å². The minimum Gasteiger partial charge on any atom is -0.391 e. The van der Waals surface area contributed by atoms with Crippen LogP contribution in [0.4, 0.5) is 0 Å². The van der Waals surface area contributed by atoms with Crippen LogP contribution in [0.25, 0.3) is 0 Å². The Morgan fingerprint density at radius 3 is 2.52 bits per heavy atom. The predicted octanol–water partition coefficient (Wildman–Crippen LogP) is 2.30. The van der Waals surface area contributed by atoms with Gasteiger partial charge in [-0.2, -0.15) is 0 Å². The Morgan fingerprint density at radius 2 is 1.67 bits per heavy atom. The van der Waals surface area contributed by atoms with Crippen LogP contribution in [0.15, 0.2) is 0 Å². The van der Waals surface area contributed by atoms with Crippen molar-refractivity contribution < 1.29 is 14.6 Å². The highest BCUT2D eigenvalue weighted by molar-refractivity contribution is 4.98. The summed E-state index contributed by atoms with van der Waals surface area (Å²) in [6.45, 7) is 2.59. The molecule has 0 aromatic carbocycles. The Kier molecular flexibility index (Phi) is 3.99. The predicted molar refractivity (Wildman–Crippen MR) is 80.0 cm³/mol. The van der Waals surface area contributed by atoms with Crippen molar-refractivity contribution in [2.45, 2.75) is 81.8 Å². The summed E-state index contributed by atoms with van der Waals surface area (Å²) in [5.41, 5.74) is 0. The molecule has 4 fully saturated rings. The zero-order chi connectivity index (χ0) is 14.3. The van der Waals surface area contributed by atoms with Crippen LogP contribution in [0.1, 0.15) is 57.8 Å². The third-order valence-electron chi connectivity index (χ3n) is 6.31. The maximum absolute atomic E-state index is 10.6. The summed E-state index contributed by atoms with van der Waals surface area (Å²) in [6.07, 6.45) is 10.5. The molecule has 2 aliphatic heterocycles. The Bertz CT molecular complexity index is 367. The number of aliphatic hydroxyl groups is 1. The van der Waals surface area contributed by atoms with Gasteiger partial charge in [0.1, 0.15) is 0 Å². The first-order chi connectivity index (χ1) is 10.3. The van der Waals surface area contributed by atoms with Crippen molar-refractivity contribution in [2.75, 3.05) is 19.8 Å². The van der Waals surface area contributed by atoms with Crippen molar-refractivity contribution in [1.82, 2.24) is 4.90 Å². The van der Waals surface area contributed by atoms with Crippen molar-refractivity contribution in [1.29, 1.82) is 0 Å². The molecule has 0 amide bonds. The summed E-state index contributed by atoms with van der Waals surface area (Å²) in [6, 6.07) is 0.937. The maximum Gasteiger partial charge on any atom is 0.170 e. The second-order valence-corrected chi connectivity index (χ2v) is 7.48. The monoisotopic (exact) mass is 295 g/mol. The molecule has 1 spiro atoms. The van der Waals surface area contributed by atoms with Gasteiger partial charge in [0.25, 0.3) is 0 Å². The van der Waals surface area contributed by atoms with Gasteiger partial charge in [0, 0.05) is 24.9 Å². The number of ether oxygens (including phenoxy) is 2. The van der Waals surface area contributed by atoms with E-state index in [4.69, 9.17) is 9.47 Å². The summed E-state index contributed by atoms with van der Waals surface area (Å²) in [7, 11) is 0. The lowest BCUT2D eigenvalue weighted by Crippen LogP contribution is -2.59. The number of hydrogen-bond acceptors (Lipinski definition) is 4. The number of hydrogen-bond donors (Lipinski definition) is 1. The number of likely N-dealkylation sites (tertiary alicyclic amines) is 1. The van der Waals surface area contributed by atoms with Gasteiger partial charge in [-0.3, -0.25) is 4.90 Å². The molecule has 2 saturated heterocycles. The summed E-state index contributed by atoms with van der Waals surface area (Å²) in [4.78, 5) is 2.64. The minimum atomic E-state index is -0.383. The molecule has 0 aromatic heterocycles. The van der Waals surface area contributed by atoms with Crippen LogP contribution in [0.3, 0.4) is 0 Å². The molecule has 0 bridgehead atoms. The topological polar surface area (TPSA) is 41.9 Å². The zero-order valence-electron chi connectivity index (χ0n) is 13.0. The van der Waals surface area contributed by atoms with Crippen molar-refractivity contribution >= 4 is 0 Å². The normalized spacial score (nSPS) is 43.9. The van der Waals surface area contributed by atoms with Gasteiger partial charge in [-0.15, -0.1) is 0 Å². The first-order valence-corrected chi connectivity index (χ1v) is 8.99. The summed E-state index contributed by atoms with van der Waals surface area (Å²) < 4.78 is 11.9. The molecule has 0 radical (unpaired) electrons. The fourth-order valence-electron chi connectivity index (χ4n) is 5.29. The van der Waals surface area contributed by atoms with Crippen LogP contribution in [0, 0.1) is 5.92 Å². The molecule has 2 heterocycles. The average Bonchev–Trinajstić information content (AvgIpc) is 2.98. The second-order valence-electron chi connectivity index (χ2n) is 7.48. The molecule has 2 saturated carbocycles. The lowest BCUT2D eigenvalue weighted by Gasteiger charge is -2.52. The number of piperidine rings is 1. The van der Waals surface area contributed by atoms with Gasteiger partial charge in [0.15, 0.2) is 5.79 Å². The maximum atomic E-state index is 10.6. The van der Waals surface area contributed by atoms with E-state index in [2.05, 4.69) is 4.90 Å². The molecule has 0 aromatic rings. The van der Waals surface area contributed by atoms with E-state index in [1.165, 1.54) is 38.5 Å². The van der Waals surface area contributed by atoms with E-state index >= 15 is 0 Å². The Hall–Kier alpha value is -0.160. The number of nitrogens with zero attached hydrogens (tertiary/aromatic N) is 1. The van der Waals surface area contributed by atoms with Gasteiger partial charge < -0.3 is 14.6 Å². The Balaban J connectivity index is 1.52. The van der Waals surface area contributed by atoms with E-state index in [1.54, 1.807) is 0 Å². The molecule has 4 rings (SSSR count). The van der Waals surface area contributed by atoms with E-state index < -0.39 is 0 Å². The first kappa shape index (κ1) is 14.4. The van der Waals surface area contributed by atoms with Crippen LogP contribution in [0.5, 0.6) is 0 Å². The van der Waals surface area contributed by atoms with Gasteiger partial charge in [-0.1, -0.05) is 12.8 Å². The molecule has 4 nitrogen and oxygen atoms in total. The molecule has 4 heteroatoms. The number of aliphatic hydroxyl groups excluding tert-OH is 1. The molecular formula is C17H29NO3. The fraction of sp³-hybridized carbons (Fsp3) is 1.00. The van der Waals surface area contributed by atoms with Crippen molar-refractivity contribution in [3.8, 4) is 0 Å². The fourth-order valence-corrected chi connectivity index (χ4v) is 5.29. The van der Waals surface area contributed by atoms with E-state index in [0.717, 1.165) is 44.9 Å². The largest absolute Gasteiger partial charge is 0.391 e. The smallest absolute Gasteiger partial charge is 0.170 e. The van der Waals surface area contributed by atoms with Crippen molar-refractivity contribution in [3.05, 3.63) is 0 Å². The van der Waals surface area contributed by atoms with Gasteiger partial charge >= 0.3 is 0 Å². The SMILES string of the molecule is OC1CCC2(CC1N1CCC[C@H]3CCCC[C@H]31)OCCO2. The molecule has 4 atom stereocenters. The van der Waals surface area contributed by atoms with Gasteiger partial charge in [0.05, 0.1) is 19.3 Å². The average molecular weight is 295 g/mol. The van der Waals surface area contributed by atoms with Crippen molar-refractivity contribution in [3.63, 3.8) is 0 Å². The quantitative estimate of drug-likeness (QED) is 0.806. The van der Waals surface area contributed by atoms with Crippen LogP contribution < -0.4 is 0 Å². The van der Waals surface area contributed by atoms with E-state index in [-0.39, 0.29) is 17.9 Å². The Labute approximate surface area is 127 Å². The highest BCUT2D eigenvalue weighted by Crippen LogP contribution is 2.42. The van der Waals surface area contributed by atoms with Gasteiger partial charge in [-0.25, -0.2) is 0 Å². The van der Waals surface area contributed by atoms with E-state index in [0.29, 0.717) is 6.04 Å². The molecule has 1 N–H and O–H groups in total. The molecule has 120 valence electrons. The summed E-state index contributed by atoms with van der Waals surface area (Å²) in [5.74, 6) is 0.480. The highest BCUT2D eigenvalue weighted by Gasteiger charge is 2.49. The van der Waals surface area contributed by atoms with Gasteiger partial charge in [-0.05, 0) is 44.6 Å². The second kappa shape index (κ2) is 5.80. The molecule has 21 heavy (non-hydrogen) atoms. The third-order valence-corrected chi connectivity index (χ3v) is 6.31. The summed E-state index contributed by atoms with van der Waals surface area (Å²) in [5, 5.41) is 10.6. The number of fused-ring (bicyclic) bond motifs is 1. The number of rotatable bonds is 1. The summed E-state index contributed by atoms with van der Waals surface area (Å²) >= 11 is 0. The molecule has 2 unspecified atom stereocenters. The van der Waals surface area contributed by atoms with Crippen LogP contribution >= 0.6 is 0 Å². The zero-order valence-corrected chi connectivity index (χ0v) is 13.0. The van der Waals surface area contributed by atoms with E-state index in [1.807, 2.05) is 0 Å². The molecule has 2 aliphatic carbocycles. The minimum absolute atomic E-state index is 0.205. The lowest BCUT2D eigenvalue weighted by atomic mass is 9.75. The van der Waals surface area contributed by atoms with Gasteiger partial charge in [0.2, 0.25) is 0 Å². The van der Waals surface area contributed by atoms with Crippen LogP contribution in [0.2, 0.25) is 0 Å². The first-order valence-electron chi connectivity index (χ1n) is 8.99. The molecule has 4 aliphatic rings. The molecular weight excluding hydrogens is 266 g/mol. The standard InChI is InChI=1S/C17H29NO3/c19-16-7-8-17(20-10-11-21-17)12-15(16)18-9-3-5-13-4-1-2-6-14(13)18/h13-16,19H,1-12H2/t13-,14-,15?,16?/m1/s1. The van der Waals surface area contributed by atoms with E-state index in [9.17, 15) is 5.11 Å². The Morgan fingerprint density at radius 1 is 0.905 bits per heavy atom. The van der Waals surface area contributed by atoms with Crippen molar-refractivity contribution in [2.24, 2.45) is 5.92 Å². The van der Waals surface area contributed by atoms with Crippen LogP contribution in [-0.2, 0) is 9.47 Å².